The number of fused-ring (bicyclic) bond motifs is 1. The van der Waals surface area contributed by atoms with E-state index in [0.717, 1.165) is 42.4 Å². The molecule has 0 atom stereocenters. The van der Waals surface area contributed by atoms with E-state index in [1.54, 1.807) is 18.2 Å². The molecule has 2 aliphatic rings. The highest BCUT2D eigenvalue weighted by Gasteiger charge is 2.28. The second kappa shape index (κ2) is 7.64. The van der Waals surface area contributed by atoms with Crippen molar-refractivity contribution in [3.8, 4) is 0 Å². The first kappa shape index (κ1) is 18.5. The van der Waals surface area contributed by atoms with E-state index >= 15 is 0 Å². The molecule has 0 radical (unpaired) electrons. The third kappa shape index (κ3) is 3.90. The number of carbonyl (C=O) groups excluding carboxylic acids is 1. The highest BCUT2D eigenvalue weighted by molar-refractivity contribution is 6.35. The van der Waals surface area contributed by atoms with Crippen LogP contribution >= 0.6 is 23.2 Å². The highest BCUT2D eigenvalue weighted by Crippen LogP contribution is 2.30. The molecule has 7 heteroatoms. The van der Waals surface area contributed by atoms with E-state index < -0.39 is 0 Å². The number of aromatic nitrogens is 2. The van der Waals surface area contributed by atoms with Gasteiger partial charge in [-0.05, 0) is 44.4 Å². The lowest BCUT2D eigenvalue weighted by molar-refractivity contribution is 0.0733. The van der Waals surface area contributed by atoms with Crippen LogP contribution in [0.1, 0.15) is 46.7 Å². The number of hydrogen-bond donors (Lipinski definition) is 0. The molecule has 0 unspecified atom stereocenters. The number of benzene rings is 1. The molecule has 1 amide bonds. The van der Waals surface area contributed by atoms with E-state index in [-0.39, 0.29) is 5.91 Å². The monoisotopic (exact) mass is 404 g/mol. The lowest BCUT2D eigenvalue weighted by Gasteiger charge is -2.34. The maximum Gasteiger partial charge on any atom is 0.254 e. The molecule has 0 saturated carbocycles. The number of halogens is 2. The van der Waals surface area contributed by atoms with E-state index in [4.69, 9.17) is 28.2 Å². The minimum absolute atomic E-state index is 0.0600. The standard InChI is InChI=1S/C20H22Cl2N4O/c1-13-23-18-5-8-26(20(27)14-9-15(21)11-16(22)10-14)12-17(18)19(24-13)25-6-3-2-4-7-25/h9-11H,2-8,12H2,1H3. The van der Waals surface area contributed by atoms with Crippen LogP contribution in [0.25, 0.3) is 0 Å². The summed E-state index contributed by atoms with van der Waals surface area (Å²) in [5, 5.41) is 0.937. The van der Waals surface area contributed by atoms with Gasteiger partial charge in [0.15, 0.2) is 0 Å². The Bertz CT molecular complexity index is 860. The molecule has 2 aliphatic heterocycles. The number of nitrogens with zero attached hydrogens (tertiary/aromatic N) is 4. The van der Waals surface area contributed by atoms with E-state index in [9.17, 15) is 4.79 Å². The summed E-state index contributed by atoms with van der Waals surface area (Å²) in [5.74, 6) is 1.74. The second-order valence-electron chi connectivity index (χ2n) is 7.20. The van der Waals surface area contributed by atoms with Crippen molar-refractivity contribution in [1.29, 1.82) is 0 Å². The summed E-state index contributed by atoms with van der Waals surface area (Å²) in [6.07, 6.45) is 4.37. The van der Waals surface area contributed by atoms with E-state index in [1.165, 1.54) is 19.3 Å². The summed E-state index contributed by atoms with van der Waals surface area (Å²) in [4.78, 5) is 26.6. The molecule has 3 heterocycles. The lowest BCUT2D eigenvalue weighted by Crippen LogP contribution is -2.39. The molecule has 0 spiro atoms. The normalized spacial score (nSPS) is 17.0. The van der Waals surface area contributed by atoms with Crippen molar-refractivity contribution in [3.05, 3.63) is 50.9 Å². The summed E-state index contributed by atoms with van der Waals surface area (Å²) >= 11 is 12.2. The number of hydrogen-bond acceptors (Lipinski definition) is 4. The second-order valence-corrected chi connectivity index (χ2v) is 8.08. The first-order valence-electron chi connectivity index (χ1n) is 9.38. The first-order valence-corrected chi connectivity index (χ1v) is 10.1. The van der Waals surface area contributed by atoms with Gasteiger partial charge in [0.05, 0.1) is 12.2 Å². The molecule has 1 aromatic carbocycles. The summed E-state index contributed by atoms with van der Waals surface area (Å²) in [6, 6.07) is 4.97. The molecule has 0 N–H and O–H groups in total. The molecule has 1 aromatic heterocycles. The lowest BCUT2D eigenvalue weighted by atomic mass is 10.0. The van der Waals surface area contributed by atoms with Gasteiger partial charge in [0, 0.05) is 47.2 Å². The summed E-state index contributed by atoms with van der Waals surface area (Å²) in [7, 11) is 0. The molecule has 1 saturated heterocycles. The maximum atomic E-state index is 13.0. The Labute approximate surface area is 169 Å². The van der Waals surface area contributed by atoms with Gasteiger partial charge in [0.1, 0.15) is 11.6 Å². The van der Waals surface area contributed by atoms with Gasteiger partial charge in [-0.1, -0.05) is 23.2 Å². The van der Waals surface area contributed by atoms with Gasteiger partial charge in [0.2, 0.25) is 0 Å². The van der Waals surface area contributed by atoms with Crippen molar-refractivity contribution in [2.24, 2.45) is 0 Å². The van der Waals surface area contributed by atoms with Gasteiger partial charge in [-0.2, -0.15) is 0 Å². The van der Waals surface area contributed by atoms with Crippen LogP contribution < -0.4 is 4.90 Å². The third-order valence-corrected chi connectivity index (χ3v) is 5.64. The molecular weight excluding hydrogens is 383 g/mol. The van der Waals surface area contributed by atoms with Gasteiger partial charge in [0.25, 0.3) is 5.91 Å². The van der Waals surface area contributed by atoms with E-state index in [1.807, 2.05) is 11.8 Å². The van der Waals surface area contributed by atoms with Gasteiger partial charge in [-0.3, -0.25) is 4.79 Å². The Morgan fingerprint density at radius 1 is 1.00 bits per heavy atom. The smallest absolute Gasteiger partial charge is 0.254 e. The minimum Gasteiger partial charge on any atom is -0.356 e. The van der Waals surface area contributed by atoms with Crippen molar-refractivity contribution in [1.82, 2.24) is 14.9 Å². The van der Waals surface area contributed by atoms with Crippen LogP contribution in [0, 0.1) is 6.92 Å². The number of anilines is 1. The van der Waals surface area contributed by atoms with Crippen molar-refractivity contribution in [2.45, 2.75) is 39.2 Å². The molecule has 1 fully saturated rings. The third-order valence-electron chi connectivity index (χ3n) is 5.20. The van der Waals surface area contributed by atoms with Crippen LogP contribution in [0.3, 0.4) is 0 Å². The zero-order valence-corrected chi connectivity index (χ0v) is 16.9. The molecule has 2 aromatic rings. The van der Waals surface area contributed by atoms with Crippen LogP contribution in [0.5, 0.6) is 0 Å². The van der Waals surface area contributed by atoms with E-state index in [2.05, 4.69) is 9.88 Å². The number of aryl methyl sites for hydroxylation is 1. The zero-order valence-electron chi connectivity index (χ0n) is 15.3. The number of amides is 1. The summed E-state index contributed by atoms with van der Waals surface area (Å²) in [6.45, 7) is 5.12. The predicted molar refractivity (Wildman–Crippen MR) is 108 cm³/mol. The van der Waals surface area contributed by atoms with Crippen LogP contribution in [-0.4, -0.2) is 40.4 Å². The average Bonchev–Trinajstić information content (AvgIpc) is 2.66. The summed E-state index contributed by atoms with van der Waals surface area (Å²) < 4.78 is 0. The molecule has 0 aliphatic carbocycles. The first-order chi connectivity index (χ1) is 13.0. The van der Waals surface area contributed by atoms with Crippen molar-refractivity contribution < 1.29 is 4.79 Å². The Balaban J connectivity index is 1.64. The number of carbonyl (C=O) groups is 1. The Kier molecular flexibility index (Phi) is 5.24. The van der Waals surface area contributed by atoms with Crippen LogP contribution in [0.4, 0.5) is 5.82 Å². The van der Waals surface area contributed by atoms with Gasteiger partial charge < -0.3 is 9.80 Å². The predicted octanol–water partition coefficient (Wildman–Crippen LogP) is 4.28. The SMILES string of the molecule is Cc1nc2c(c(N3CCCCC3)n1)CN(C(=O)c1cc(Cl)cc(Cl)c1)CC2. The Morgan fingerprint density at radius 3 is 2.41 bits per heavy atom. The number of rotatable bonds is 2. The fraction of sp³-hybridized carbons (Fsp3) is 0.450. The van der Waals surface area contributed by atoms with Crippen LogP contribution in [0.15, 0.2) is 18.2 Å². The molecule has 0 bridgehead atoms. The highest BCUT2D eigenvalue weighted by atomic mass is 35.5. The molecule has 142 valence electrons. The molecule has 27 heavy (non-hydrogen) atoms. The van der Waals surface area contributed by atoms with Crippen molar-refractivity contribution in [3.63, 3.8) is 0 Å². The number of piperidine rings is 1. The maximum absolute atomic E-state index is 13.0. The summed E-state index contributed by atoms with van der Waals surface area (Å²) in [5.41, 5.74) is 2.66. The fourth-order valence-corrected chi connectivity index (χ4v) is 4.44. The van der Waals surface area contributed by atoms with E-state index in [0.29, 0.717) is 28.7 Å². The van der Waals surface area contributed by atoms with Crippen LogP contribution in [0.2, 0.25) is 10.0 Å². The van der Waals surface area contributed by atoms with Gasteiger partial charge in [-0.15, -0.1) is 0 Å². The van der Waals surface area contributed by atoms with Gasteiger partial charge >= 0.3 is 0 Å². The Hall–Kier alpha value is -1.85. The van der Waals surface area contributed by atoms with Crippen molar-refractivity contribution in [2.75, 3.05) is 24.5 Å². The largest absolute Gasteiger partial charge is 0.356 e. The molecule has 4 rings (SSSR count). The minimum atomic E-state index is -0.0600. The van der Waals surface area contributed by atoms with Crippen molar-refractivity contribution >= 4 is 34.9 Å². The van der Waals surface area contributed by atoms with Crippen LogP contribution in [-0.2, 0) is 13.0 Å². The topological polar surface area (TPSA) is 49.3 Å². The quantitative estimate of drug-likeness (QED) is 0.749. The average molecular weight is 405 g/mol. The Morgan fingerprint density at radius 2 is 1.70 bits per heavy atom. The zero-order chi connectivity index (χ0) is 19.0. The fourth-order valence-electron chi connectivity index (χ4n) is 3.92. The molecular formula is C20H22Cl2N4O. The van der Waals surface area contributed by atoms with Gasteiger partial charge in [-0.25, -0.2) is 9.97 Å². The molecule has 5 nitrogen and oxygen atoms in total.